The van der Waals surface area contributed by atoms with Gasteiger partial charge >= 0.3 is 18.1 Å². The summed E-state index contributed by atoms with van der Waals surface area (Å²) in [7, 11) is 6.40. The van der Waals surface area contributed by atoms with E-state index in [-0.39, 0.29) is 98.8 Å². The molecule has 4 aromatic carbocycles. The largest absolute Gasteiger partial charge is 0.497 e. The van der Waals surface area contributed by atoms with E-state index >= 15 is 0 Å². The summed E-state index contributed by atoms with van der Waals surface area (Å²) < 4.78 is 103. The molecule has 4 aromatic rings. The van der Waals surface area contributed by atoms with Crippen LogP contribution in [-0.2, 0) is 71.3 Å². The molecular formula is C92H117F6N11O16. The number of fused-ring (bicyclic) bond motifs is 4. The first-order valence-corrected chi connectivity index (χ1v) is 44.5. The van der Waals surface area contributed by atoms with E-state index in [1.165, 1.54) is 10.5 Å². The van der Waals surface area contributed by atoms with Crippen LogP contribution in [0.2, 0.25) is 0 Å². The minimum Gasteiger partial charge on any atom is -0.497 e. The van der Waals surface area contributed by atoms with E-state index in [0.29, 0.717) is 159 Å². The number of piperidine rings is 4. The summed E-state index contributed by atoms with van der Waals surface area (Å²) in [4.78, 5) is 110. The van der Waals surface area contributed by atoms with Crippen molar-refractivity contribution in [2.24, 2.45) is 0 Å². The third-order valence-corrected chi connectivity index (χ3v) is 33.2. The molecule has 8 saturated heterocycles. The van der Waals surface area contributed by atoms with E-state index in [1.54, 1.807) is 33.3 Å². The molecule has 0 radical (unpaired) electrons. The summed E-state index contributed by atoms with van der Waals surface area (Å²) in [5, 5.41) is 65.3. The molecule has 8 heterocycles. The number of amides is 10. The number of nitrogens with zero attached hydrogens (tertiary/aromatic N) is 5. The monoisotopic (exact) mass is 1750 g/mol. The molecule has 8 aliphatic carbocycles. The number of nitrogens with one attached hydrogen (secondary N) is 6. The van der Waals surface area contributed by atoms with Crippen LogP contribution >= 0.6 is 0 Å². The molecule has 16 atom stereocenters. The number of methoxy groups -OCH3 is 4. The lowest BCUT2D eigenvalue weighted by Gasteiger charge is -2.66. The number of Topliss-reactive ketones (excluding diaryl/α,β-unsaturated/α-hetero) is 1. The molecule has 4 spiro atoms. The topological polar surface area (TPSA) is 343 Å². The highest BCUT2D eigenvalue weighted by Gasteiger charge is 2.75. The normalized spacial score (nSPS) is 36.8. The number of likely N-dealkylation sites (N-methyl/N-ethyl adjacent to an activating group) is 2. The summed E-state index contributed by atoms with van der Waals surface area (Å²) in [5.74, 6) is -4.00. The smallest absolute Gasteiger partial charge is 0.325 e. The van der Waals surface area contributed by atoms with Gasteiger partial charge in [-0.2, -0.15) is 0 Å². The predicted molar refractivity (Wildman–Crippen MR) is 443 cm³/mol. The van der Waals surface area contributed by atoms with Gasteiger partial charge in [0.25, 0.3) is 24.1 Å². The molecule has 10 amide bonds. The van der Waals surface area contributed by atoms with Gasteiger partial charge in [0.15, 0.2) is 5.78 Å². The van der Waals surface area contributed by atoms with Crippen LogP contribution in [0.5, 0.6) is 23.0 Å². The molecule has 0 aromatic heterocycles. The number of imide groups is 3. The molecule has 10 N–H and O–H groups in total. The SMILES string of the molecule is CCN1C(=O)N[C@]2(CC[C@@]3(O)[C@H]4Cc5ccc(OC)cc5[C@@]3(CCN4CC)C2)C1=O.COc1ccc2c(c1)[C@]13CCN(CC(F)F)[C@H](C2)[C@]1(O)CC[C@@]1(C3)NC(=O)CC1=O.COc1ccc2c(c1)[C@]13CCN(CCC(C)(F)F)[C@H](C2)[C@]1(O)CC[C@@]1(C3)NC(=O)NC1=O.COc1ccc2c(c1)[C@]13CCN(CCCC(C)(F)F)[C@H](C2)[C@]1(O)CC[C@@]1(C3)NC(=O)NC1=O. The number of rotatable bonds is 15. The molecule has 27 nitrogen and oxygen atoms in total. The van der Waals surface area contributed by atoms with E-state index in [9.17, 15) is 85.1 Å². The van der Waals surface area contributed by atoms with Crippen molar-refractivity contribution in [1.29, 1.82) is 0 Å². The van der Waals surface area contributed by atoms with Gasteiger partial charge in [0.2, 0.25) is 17.8 Å². The summed E-state index contributed by atoms with van der Waals surface area (Å²) in [6.07, 6.45) is 6.05. The van der Waals surface area contributed by atoms with Gasteiger partial charge in [0, 0.05) is 71.8 Å². The van der Waals surface area contributed by atoms with Crippen LogP contribution in [0.3, 0.4) is 0 Å². The van der Waals surface area contributed by atoms with Gasteiger partial charge < -0.3 is 60.6 Å². The van der Waals surface area contributed by atoms with Crippen molar-refractivity contribution in [2.45, 2.75) is 290 Å². The molecule has 12 fully saturated rings. The zero-order valence-electron chi connectivity index (χ0n) is 72.3. The number of alkyl halides is 6. The molecule has 0 unspecified atom stereocenters. The van der Waals surface area contributed by atoms with E-state index in [0.717, 1.165) is 84.5 Å². The number of hydrogen-bond donors (Lipinski definition) is 10. The Hall–Kier alpha value is -8.70. The van der Waals surface area contributed by atoms with Gasteiger partial charge in [0.1, 0.15) is 45.2 Å². The van der Waals surface area contributed by atoms with E-state index in [1.807, 2.05) is 72.5 Å². The Morgan fingerprint density at radius 3 is 1.13 bits per heavy atom. The van der Waals surface area contributed by atoms with Crippen LogP contribution < -0.4 is 50.8 Å². The molecule has 4 saturated carbocycles. The van der Waals surface area contributed by atoms with Crippen molar-refractivity contribution in [3.63, 3.8) is 0 Å². The van der Waals surface area contributed by atoms with Crippen molar-refractivity contribution in [1.82, 2.24) is 56.4 Å². The first-order chi connectivity index (χ1) is 59.1. The molecular weight excluding hydrogens is 1630 g/mol. The second-order valence-electron chi connectivity index (χ2n) is 39.1. The van der Waals surface area contributed by atoms with Crippen molar-refractivity contribution >= 4 is 47.5 Å². The van der Waals surface area contributed by atoms with E-state index in [2.05, 4.69) is 60.8 Å². The maximum atomic E-state index is 13.6. The molecule has 678 valence electrons. The number of hydrogen-bond acceptors (Lipinski definition) is 20. The number of halogens is 6. The van der Waals surface area contributed by atoms with Crippen LogP contribution in [0.1, 0.15) is 201 Å². The van der Waals surface area contributed by atoms with E-state index in [4.69, 9.17) is 18.9 Å². The van der Waals surface area contributed by atoms with Gasteiger partial charge in [-0.15, -0.1) is 0 Å². The van der Waals surface area contributed by atoms with Gasteiger partial charge in [-0.1, -0.05) is 31.2 Å². The fourth-order valence-corrected chi connectivity index (χ4v) is 27.2. The van der Waals surface area contributed by atoms with Crippen LogP contribution in [0.25, 0.3) is 0 Å². The average Bonchev–Trinajstić information content (AvgIpc) is 1.62. The lowest BCUT2D eigenvalue weighted by molar-refractivity contribution is -0.184. The van der Waals surface area contributed by atoms with Gasteiger partial charge in [-0.05, 0) is 288 Å². The average molecular weight is 1750 g/mol. The highest BCUT2D eigenvalue weighted by Crippen LogP contribution is 2.67. The molecule has 125 heavy (non-hydrogen) atoms. The summed E-state index contributed by atoms with van der Waals surface area (Å²) in [5.41, 5.74) is -3.32. The molecule has 8 aliphatic heterocycles. The minimum atomic E-state index is -2.78. The fourth-order valence-electron chi connectivity index (χ4n) is 27.2. The Bertz CT molecular complexity index is 5040. The molecule has 16 aliphatic rings. The number of benzene rings is 4. The number of urea groups is 3. The number of likely N-dealkylation sites (tertiary alicyclic amines) is 4. The summed E-state index contributed by atoms with van der Waals surface area (Å²) >= 11 is 0. The number of aliphatic hydroxyl groups is 4. The van der Waals surface area contributed by atoms with Crippen LogP contribution in [-0.4, -0.2) is 267 Å². The molecule has 8 bridgehead atoms. The maximum Gasteiger partial charge on any atom is 0.325 e. The summed E-state index contributed by atoms with van der Waals surface area (Å²) in [6.45, 7) is 9.82. The third kappa shape index (κ3) is 13.7. The van der Waals surface area contributed by atoms with Gasteiger partial charge in [-0.25, -0.2) is 40.7 Å². The quantitative estimate of drug-likeness (QED) is 0.0306. The minimum absolute atomic E-state index is 0.0176. The van der Waals surface area contributed by atoms with Crippen LogP contribution in [0.15, 0.2) is 72.8 Å². The first-order valence-electron chi connectivity index (χ1n) is 44.5. The highest BCUT2D eigenvalue weighted by molar-refractivity contribution is 6.11. The zero-order chi connectivity index (χ0) is 89.2. The zero-order valence-corrected chi connectivity index (χ0v) is 72.3. The Balaban J connectivity index is 0.000000118. The Morgan fingerprint density at radius 2 is 0.784 bits per heavy atom. The van der Waals surface area contributed by atoms with Crippen molar-refractivity contribution in [3.05, 3.63) is 117 Å². The summed E-state index contributed by atoms with van der Waals surface area (Å²) in [6, 6.07) is 21.1. The van der Waals surface area contributed by atoms with Crippen LogP contribution in [0.4, 0.5) is 40.7 Å². The van der Waals surface area contributed by atoms with Crippen LogP contribution in [0, 0.1) is 0 Å². The van der Waals surface area contributed by atoms with Gasteiger partial charge in [0.05, 0.1) is 63.8 Å². The molecule has 20 rings (SSSR count). The van der Waals surface area contributed by atoms with Crippen molar-refractivity contribution in [2.75, 3.05) is 87.3 Å². The number of ether oxygens (including phenoxy) is 4. The Kier molecular flexibility index (Phi) is 21.9. The first kappa shape index (κ1) is 88.3. The Labute approximate surface area is 722 Å². The maximum absolute atomic E-state index is 13.6. The predicted octanol–water partition coefficient (Wildman–Crippen LogP) is 7.97. The standard InChI is InChI=1S/C24H31F2N3O4.C23H29F2N3O4.C23H31N3O4.C22H26F2N2O4/c1-21(25,26)6-3-10-29-11-9-22-14-23(19(30)27-20(31)28-23)7-8-24(22,32)18(29)12-15-4-5-16(33-2)13-17(15)22;1-20(24,25)7-9-28-10-8-21-13-22(18(29)26-19(30)27-22)5-6-23(21,31)17(28)11-14-3-4-15(32-2)12-16(14)21;1-4-25-11-10-21-14-22(19(27)26(5-2)20(28)24-22)8-9-23(21,29)18(25)12-15-6-7-16(30-3)13-17(15)21;1-30-14-3-2-13-8-16-22(29)5-4-21(17(27)10-19(28)25-21)12-20(22,15(13)9-14)6-7-26(16)11-18(23)24/h4-5,13,18,32H,3,6-12,14H2,1-2H3,(H2,27,28,30,31);3-4,12,17,31H,5-11,13H2,1-2H3,(H2,26,27,29,30);6-7,13,18,29H,4-5,8-12,14H2,1-3H3,(H,24,28);2-3,9,16,18,29H,4-8,10-12H2,1H3,(H,25,28)/t18-,22-,23+,24-;17-,21-,22+,23-;18-,21-,22+,23-;16-,20-,21+,22-/m1111/s1. The fraction of sp³-hybridized carbons (Fsp3) is 0.652. The van der Waals surface area contributed by atoms with E-state index < -0.39 is 103 Å². The Morgan fingerprint density at radius 1 is 0.432 bits per heavy atom. The lowest BCUT2D eigenvalue weighted by Crippen LogP contribution is -2.76. The highest BCUT2D eigenvalue weighted by atomic mass is 19.3. The molecule has 33 heteroatoms. The van der Waals surface area contributed by atoms with Crippen molar-refractivity contribution in [3.8, 4) is 23.0 Å². The second-order valence-corrected chi connectivity index (χ2v) is 39.1. The number of ketones is 1. The number of carbonyl (C=O) groups excluding carboxylic acids is 8. The number of carbonyl (C=O) groups is 8. The third-order valence-electron chi connectivity index (χ3n) is 33.2. The lowest BCUT2D eigenvalue weighted by atomic mass is 9.46. The van der Waals surface area contributed by atoms with Crippen molar-refractivity contribution < 1.29 is 104 Å². The second kappa shape index (κ2) is 31.0. The van der Waals surface area contributed by atoms with Gasteiger partial charge in [-0.3, -0.25) is 59.1 Å².